The summed E-state index contributed by atoms with van der Waals surface area (Å²) in [6, 6.07) is 7.22. The van der Waals surface area contributed by atoms with Crippen molar-refractivity contribution in [3.63, 3.8) is 0 Å². The van der Waals surface area contributed by atoms with Crippen LogP contribution < -0.4 is 5.32 Å². The topological polar surface area (TPSA) is 93.4 Å². The molecule has 0 spiro atoms. The lowest BCUT2D eigenvalue weighted by molar-refractivity contribution is -0.141. The van der Waals surface area contributed by atoms with Crippen molar-refractivity contribution in [2.24, 2.45) is 0 Å². The normalized spacial score (nSPS) is 17.8. The Morgan fingerprint density at radius 1 is 1.37 bits per heavy atom. The number of nitrogens with one attached hydrogen (secondary N) is 1. The first-order chi connectivity index (χ1) is 9.11. The molecule has 1 heterocycles. The Morgan fingerprint density at radius 3 is 2.63 bits per heavy atom. The summed E-state index contributed by atoms with van der Waals surface area (Å²) in [6.45, 7) is 0.444. The molecule has 2 N–H and O–H groups in total. The van der Waals surface area contributed by atoms with E-state index in [9.17, 15) is 9.59 Å². The van der Waals surface area contributed by atoms with E-state index in [2.05, 4.69) is 5.32 Å². The lowest BCUT2D eigenvalue weighted by Crippen LogP contribution is -2.42. The minimum Gasteiger partial charge on any atom is -0.480 e. The molecule has 1 atom stereocenters. The van der Waals surface area contributed by atoms with Gasteiger partial charge in [-0.3, -0.25) is 0 Å². The van der Waals surface area contributed by atoms with Gasteiger partial charge in [-0.2, -0.15) is 5.26 Å². The third-order valence-electron chi connectivity index (χ3n) is 3.06. The van der Waals surface area contributed by atoms with E-state index in [1.807, 2.05) is 6.07 Å². The molecule has 1 fully saturated rings. The fourth-order valence-electron chi connectivity index (χ4n) is 2.09. The van der Waals surface area contributed by atoms with Crippen molar-refractivity contribution in [1.82, 2.24) is 4.90 Å². The number of benzene rings is 1. The molecule has 0 bridgehead atoms. The molecule has 1 aliphatic heterocycles. The first-order valence-corrected chi connectivity index (χ1v) is 5.92. The molecule has 1 unspecified atom stereocenters. The highest BCUT2D eigenvalue weighted by Gasteiger charge is 2.33. The smallest absolute Gasteiger partial charge is 0.326 e. The monoisotopic (exact) mass is 259 g/mol. The number of carboxylic acids is 1. The Labute approximate surface area is 110 Å². The maximum absolute atomic E-state index is 12.0. The largest absolute Gasteiger partial charge is 0.480 e. The van der Waals surface area contributed by atoms with Gasteiger partial charge in [0.15, 0.2) is 0 Å². The molecule has 6 nitrogen and oxygen atoms in total. The first-order valence-electron chi connectivity index (χ1n) is 5.92. The van der Waals surface area contributed by atoms with Crippen molar-refractivity contribution >= 4 is 17.7 Å². The van der Waals surface area contributed by atoms with Crippen molar-refractivity contribution in [3.8, 4) is 6.07 Å². The van der Waals surface area contributed by atoms with Gasteiger partial charge in [0.2, 0.25) is 0 Å². The van der Waals surface area contributed by atoms with Crippen molar-refractivity contribution in [2.75, 3.05) is 11.9 Å². The molecular formula is C13H13N3O3. The van der Waals surface area contributed by atoms with Gasteiger partial charge >= 0.3 is 12.0 Å². The number of carboxylic acid groups (broad SMARTS) is 1. The Balaban J connectivity index is 2.04. The summed E-state index contributed by atoms with van der Waals surface area (Å²) in [4.78, 5) is 24.3. The van der Waals surface area contributed by atoms with Gasteiger partial charge < -0.3 is 15.3 Å². The van der Waals surface area contributed by atoms with Gasteiger partial charge in [-0.25, -0.2) is 9.59 Å². The van der Waals surface area contributed by atoms with E-state index in [0.29, 0.717) is 30.6 Å². The molecule has 0 aliphatic carbocycles. The van der Waals surface area contributed by atoms with Gasteiger partial charge in [0.05, 0.1) is 11.6 Å². The number of carbonyl (C=O) groups excluding carboxylic acids is 1. The van der Waals surface area contributed by atoms with Crippen LogP contribution in [0.1, 0.15) is 18.4 Å². The van der Waals surface area contributed by atoms with E-state index in [-0.39, 0.29) is 0 Å². The summed E-state index contributed by atoms with van der Waals surface area (Å²) in [7, 11) is 0. The van der Waals surface area contributed by atoms with Crippen LogP contribution in [0.2, 0.25) is 0 Å². The van der Waals surface area contributed by atoms with Crippen LogP contribution in [0.3, 0.4) is 0 Å². The predicted octanol–water partition coefficient (Wildman–Crippen LogP) is 1.64. The fraction of sp³-hybridized carbons (Fsp3) is 0.308. The Morgan fingerprint density at radius 2 is 2.05 bits per heavy atom. The van der Waals surface area contributed by atoms with E-state index in [1.54, 1.807) is 24.3 Å². The van der Waals surface area contributed by atoms with Crippen molar-refractivity contribution < 1.29 is 14.7 Å². The number of likely N-dealkylation sites (tertiary alicyclic amines) is 1. The van der Waals surface area contributed by atoms with Gasteiger partial charge in [-0.05, 0) is 37.1 Å². The Hall–Kier alpha value is -2.55. The van der Waals surface area contributed by atoms with Gasteiger partial charge in [0.1, 0.15) is 6.04 Å². The number of nitrogens with zero attached hydrogens (tertiary/aromatic N) is 2. The number of amides is 2. The average molecular weight is 259 g/mol. The lowest BCUT2D eigenvalue weighted by Gasteiger charge is -2.21. The minimum atomic E-state index is -0.979. The van der Waals surface area contributed by atoms with E-state index < -0.39 is 18.0 Å². The van der Waals surface area contributed by atoms with E-state index in [4.69, 9.17) is 10.4 Å². The minimum absolute atomic E-state index is 0.422. The average Bonchev–Trinajstić information content (AvgIpc) is 2.89. The highest BCUT2D eigenvalue weighted by Crippen LogP contribution is 2.19. The zero-order valence-corrected chi connectivity index (χ0v) is 10.2. The van der Waals surface area contributed by atoms with E-state index in [0.717, 1.165) is 0 Å². The van der Waals surface area contributed by atoms with Crippen LogP contribution in [0.5, 0.6) is 0 Å². The highest BCUT2D eigenvalue weighted by molar-refractivity contribution is 5.92. The quantitative estimate of drug-likeness (QED) is 0.844. The zero-order chi connectivity index (χ0) is 13.8. The second-order valence-corrected chi connectivity index (χ2v) is 4.31. The highest BCUT2D eigenvalue weighted by atomic mass is 16.4. The molecular weight excluding hydrogens is 246 g/mol. The lowest BCUT2D eigenvalue weighted by atomic mass is 10.2. The maximum atomic E-state index is 12.0. The predicted molar refractivity (Wildman–Crippen MR) is 67.5 cm³/mol. The summed E-state index contributed by atoms with van der Waals surface area (Å²) in [6.07, 6.45) is 1.17. The molecule has 6 heteroatoms. The van der Waals surface area contributed by atoms with Gasteiger partial charge in [-0.1, -0.05) is 0 Å². The van der Waals surface area contributed by atoms with E-state index in [1.165, 1.54) is 4.90 Å². The maximum Gasteiger partial charge on any atom is 0.326 e. The number of aliphatic carboxylic acids is 1. The summed E-state index contributed by atoms with van der Waals surface area (Å²) in [5.74, 6) is -0.979. The standard InChI is InChI=1S/C13H13N3O3/c14-8-9-3-5-10(6-4-9)15-13(19)16-7-1-2-11(16)12(17)18/h3-6,11H,1-2,7H2,(H,15,19)(H,17,18). The summed E-state index contributed by atoms with van der Waals surface area (Å²) in [5.41, 5.74) is 1.04. The molecule has 0 radical (unpaired) electrons. The summed E-state index contributed by atoms with van der Waals surface area (Å²) < 4.78 is 0. The number of nitriles is 1. The number of hydrogen-bond donors (Lipinski definition) is 2. The number of rotatable bonds is 2. The van der Waals surface area contributed by atoms with Crippen molar-refractivity contribution in [2.45, 2.75) is 18.9 Å². The molecule has 1 aliphatic rings. The zero-order valence-electron chi connectivity index (χ0n) is 10.2. The molecule has 98 valence electrons. The van der Waals surface area contributed by atoms with Crippen molar-refractivity contribution in [1.29, 1.82) is 5.26 Å². The van der Waals surface area contributed by atoms with Crippen LogP contribution in [0.4, 0.5) is 10.5 Å². The summed E-state index contributed by atoms with van der Waals surface area (Å²) >= 11 is 0. The number of urea groups is 1. The molecule has 0 aromatic heterocycles. The Bertz CT molecular complexity index is 533. The SMILES string of the molecule is N#Cc1ccc(NC(=O)N2CCCC2C(=O)O)cc1. The number of hydrogen-bond acceptors (Lipinski definition) is 3. The molecule has 19 heavy (non-hydrogen) atoms. The number of anilines is 1. The van der Waals surface area contributed by atoms with Gasteiger partial charge in [-0.15, -0.1) is 0 Å². The molecule has 1 aromatic carbocycles. The molecule has 1 saturated heterocycles. The molecule has 2 amide bonds. The number of carbonyl (C=O) groups is 2. The molecule has 0 saturated carbocycles. The van der Waals surface area contributed by atoms with Gasteiger partial charge in [0, 0.05) is 12.2 Å². The second-order valence-electron chi connectivity index (χ2n) is 4.31. The third kappa shape index (κ3) is 2.83. The van der Waals surface area contributed by atoms with Crippen LogP contribution in [0, 0.1) is 11.3 Å². The van der Waals surface area contributed by atoms with Crippen LogP contribution in [0.15, 0.2) is 24.3 Å². The first kappa shape index (κ1) is 12.9. The summed E-state index contributed by atoms with van der Waals surface area (Å²) in [5, 5.41) is 20.3. The third-order valence-corrected chi connectivity index (χ3v) is 3.06. The van der Waals surface area contributed by atoms with Crippen LogP contribution in [-0.4, -0.2) is 34.6 Å². The molecule has 1 aromatic rings. The fourth-order valence-corrected chi connectivity index (χ4v) is 2.09. The van der Waals surface area contributed by atoms with Crippen LogP contribution in [0.25, 0.3) is 0 Å². The van der Waals surface area contributed by atoms with Crippen LogP contribution >= 0.6 is 0 Å². The second kappa shape index (κ2) is 5.40. The van der Waals surface area contributed by atoms with E-state index >= 15 is 0 Å². The van der Waals surface area contributed by atoms with Crippen molar-refractivity contribution in [3.05, 3.63) is 29.8 Å². The molecule has 2 rings (SSSR count). The Kier molecular flexibility index (Phi) is 3.66. The van der Waals surface area contributed by atoms with Crippen LogP contribution in [-0.2, 0) is 4.79 Å². The van der Waals surface area contributed by atoms with Gasteiger partial charge in [0.25, 0.3) is 0 Å².